The number of ether oxygens (including phenoxy) is 1. The fourth-order valence-corrected chi connectivity index (χ4v) is 3.26. The number of likely N-dealkylation sites (N-methyl/N-ethyl adjacent to an activating group) is 1. The van der Waals surface area contributed by atoms with Crippen molar-refractivity contribution in [2.45, 2.75) is 31.4 Å². The Labute approximate surface area is 154 Å². The molecule has 0 saturated carbocycles. The summed E-state index contributed by atoms with van der Waals surface area (Å²) in [5.74, 6) is 0.287. The van der Waals surface area contributed by atoms with Crippen molar-refractivity contribution in [2.75, 3.05) is 13.6 Å². The minimum Gasteiger partial charge on any atom is -0.491 e. The zero-order chi connectivity index (χ0) is 19.2. The van der Waals surface area contributed by atoms with E-state index in [1.165, 1.54) is 17.0 Å². The van der Waals surface area contributed by atoms with Gasteiger partial charge >= 0.3 is 0 Å². The lowest BCUT2D eigenvalue weighted by molar-refractivity contribution is -0.129. The molecular weight excluding hydrogens is 352 g/mol. The number of sulfonamides is 1. The highest BCUT2D eigenvalue weighted by Gasteiger charge is 2.17. The largest absolute Gasteiger partial charge is 0.491 e. The van der Waals surface area contributed by atoms with Gasteiger partial charge in [-0.15, -0.1) is 0 Å². The maximum Gasteiger partial charge on any atom is 0.241 e. The van der Waals surface area contributed by atoms with Crippen LogP contribution in [0.15, 0.2) is 59.5 Å². The molecule has 0 aromatic heterocycles. The Morgan fingerprint density at radius 3 is 2.27 bits per heavy atom. The van der Waals surface area contributed by atoms with Gasteiger partial charge in [0, 0.05) is 13.6 Å². The maximum absolute atomic E-state index is 12.3. The van der Waals surface area contributed by atoms with Crippen molar-refractivity contribution < 1.29 is 17.9 Å². The van der Waals surface area contributed by atoms with E-state index >= 15 is 0 Å². The number of nitrogens with zero attached hydrogens (tertiary/aromatic N) is 1. The standard InChI is InChI=1S/C19H24N2O4S/c1-15(2)25-17-9-11-18(12-10-17)26(23,24)20-13-19(22)21(3)14-16-7-5-4-6-8-16/h4-12,15,20H,13-14H2,1-3H3. The number of carbonyl (C=O) groups excluding carboxylic acids is 1. The van der Waals surface area contributed by atoms with Crippen LogP contribution in [0, 0.1) is 0 Å². The van der Waals surface area contributed by atoms with Crippen LogP contribution in [0.5, 0.6) is 5.75 Å². The Balaban J connectivity index is 1.93. The van der Waals surface area contributed by atoms with E-state index in [-0.39, 0.29) is 23.5 Å². The van der Waals surface area contributed by atoms with Gasteiger partial charge in [0.1, 0.15) is 5.75 Å². The lowest BCUT2D eigenvalue weighted by Gasteiger charge is -2.17. The summed E-state index contributed by atoms with van der Waals surface area (Å²) in [4.78, 5) is 13.8. The molecule has 0 saturated heterocycles. The normalized spacial score (nSPS) is 11.4. The molecule has 0 aliphatic heterocycles. The van der Waals surface area contributed by atoms with E-state index in [1.807, 2.05) is 44.2 Å². The fraction of sp³-hybridized carbons (Fsp3) is 0.316. The molecule has 0 radical (unpaired) electrons. The summed E-state index contributed by atoms with van der Waals surface area (Å²) >= 11 is 0. The Bertz CT molecular complexity index is 818. The number of benzene rings is 2. The minimum absolute atomic E-state index is 0.00774. The van der Waals surface area contributed by atoms with Gasteiger partial charge in [-0.2, -0.15) is 0 Å². The molecule has 0 unspecified atom stereocenters. The Morgan fingerprint density at radius 2 is 1.69 bits per heavy atom. The van der Waals surface area contributed by atoms with Gasteiger partial charge in [0.25, 0.3) is 0 Å². The second kappa shape index (κ2) is 8.82. The summed E-state index contributed by atoms with van der Waals surface area (Å²) in [6.45, 7) is 3.91. The van der Waals surface area contributed by atoms with Crippen molar-refractivity contribution in [3.63, 3.8) is 0 Å². The molecule has 26 heavy (non-hydrogen) atoms. The van der Waals surface area contributed by atoms with E-state index < -0.39 is 10.0 Å². The molecule has 2 aromatic rings. The van der Waals surface area contributed by atoms with Gasteiger partial charge in [-0.3, -0.25) is 4.79 Å². The van der Waals surface area contributed by atoms with Crippen LogP contribution in [0.2, 0.25) is 0 Å². The number of nitrogens with one attached hydrogen (secondary N) is 1. The molecular formula is C19H24N2O4S. The third kappa shape index (κ3) is 5.86. The first kappa shape index (κ1) is 19.9. The van der Waals surface area contributed by atoms with E-state index in [2.05, 4.69) is 4.72 Å². The maximum atomic E-state index is 12.3. The predicted octanol–water partition coefficient (Wildman–Crippen LogP) is 2.41. The monoisotopic (exact) mass is 376 g/mol. The number of amides is 1. The molecule has 0 fully saturated rings. The SMILES string of the molecule is CC(C)Oc1ccc(S(=O)(=O)NCC(=O)N(C)Cc2ccccc2)cc1. The van der Waals surface area contributed by atoms with Crippen LogP contribution in [0.1, 0.15) is 19.4 Å². The Kier molecular flexibility index (Phi) is 6.76. The highest BCUT2D eigenvalue weighted by molar-refractivity contribution is 7.89. The zero-order valence-corrected chi connectivity index (χ0v) is 16.0. The summed E-state index contributed by atoms with van der Waals surface area (Å²) in [5, 5.41) is 0. The van der Waals surface area contributed by atoms with Crippen molar-refractivity contribution in [1.29, 1.82) is 0 Å². The molecule has 140 valence electrons. The van der Waals surface area contributed by atoms with Gasteiger partial charge in [-0.05, 0) is 43.7 Å². The molecule has 0 bridgehead atoms. The lowest BCUT2D eigenvalue weighted by atomic mass is 10.2. The predicted molar refractivity (Wildman–Crippen MR) is 100 cm³/mol. The molecule has 1 amide bonds. The van der Waals surface area contributed by atoms with Crippen molar-refractivity contribution in [3.8, 4) is 5.75 Å². The third-order valence-corrected chi connectivity index (χ3v) is 5.02. The van der Waals surface area contributed by atoms with Crippen molar-refractivity contribution >= 4 is 15.9 Å². The van der Waals surface area contributed by atoms with Crippen molar-refractivity contribution in [1.82, 2.24) is 9.62 Å². The van der Waals surface area contributed by atoms with Crippen LogP contribution in [0.25, 0.3) is 0 Å². The summed E-state index contributed by atoms with van der Waals surface area (Å²) in [7, 11) is -2.12. The average Bonchev–Trinajstić information content (AvgIpc) is 2.60. The molecule has 0 spiro atoms. The van der Waals surface area contributed by atoms with Crippen LogP contribution >= 0.6 is 0 Å². The van der Waals surface area contributed by atoms with E-state index in [4.69, 9.17) is 4.74 Å². The van der Waals surface area contributed by atoms with E-state index in [9.17, 15) is 13.2 Å². The molecule has 0 aliphatic rings. The number of carbonyl (C=O) groups is 1. The van der Waals surface area contributed by atoms with Gasteiger partial charge in [-0.25, -0.2) is 13.1 Å². The van der Waals surface area contributed by atoms with Gasteiger partial charge < -0.3 is 9.64 Å². The molecule has 7 heteroatoms. The smallest absolute Gasteiger partial charge is 0.241 e. The molecule has 0 heterocycles. The first-order valence-corrected chi connectivity index (χ1v) is 9.80. The first-order chi connectivity index (χ1) is 12.3. The van der Waals surface area contributed by atoms with Crippen LogP contribution < -0.4 is 9.46 Å². The molecule has 6 nitrogen and oxygen atoms in total. The third-order valence-electron chi connectivity index (χ3n) is 3.61. The van der Waals surface area contributed by atoms with E-state index in [0.29, 0.717) is 12.3 Å². The van der Waals surface area contributed by atoms with Crippen LogP contribution in [0.3, 0.4) is 0 Å². The summed E-state index contributed by atoms with van der Waals surface area (Å²) < 4.78 is 32.5. The summed E-state index contributed by atoms with van der Waals surface area (Å²) in [6.07, 6.45) is 0.00774. The molecule has 1 N–H and O–H groups in total. The second-order valence-electron chi connectivity index (χ2n) is 6.20. The van der Waals surface area contributed by atoms with Gasteiger partial charge in [0.05, 0.1) is 17.5 Å². The second-order valence-corrected chi connectivity index (χ2v) is 7.96. The topological polar surface area (TPSA) is 75.7 Å². The van der Waals surface area contributed by atoms with E-state index in [1.54, 1.807) is 19.2 Å². The van der Waals surface area contributed by atoms with Crippen LogP contribution in [-0.4, -0.2) is 38.9 Å². The number of hydrogen-bond donors (Lipinski definition) is 1. The summed E-state index contributed by atoms with van der Waals surface area (Å²) in [6, 6.07) is 15.6. The molecule has 0 aliphatic carbocycles. The Hall–Kier alpha value is -2.38. The molecule has 2 rings (SSSR count). The van der Waals surface area contributed by atoms with Crippen molar-refractivity contribution in [3.05, 3.63) is 60.2 Å². The highest BCUT2D eigenvalue weighted by atomic mass is 32.2. The van der Waals surface area contributed by atoms with Crippen molar-refractivity contribution in [2.24, 2.45) is 0 Å². The zero-order valence-electron chi connectivity index (χ0n) is 15.2. The van der Waals surface area contributed by atoms with Gasteiger partial charge in [-0.1, -0.05) is 30.3 Å². The quantitative estimate of drug-likeness (QED) is 0.768. The number of rotatable bonds is 8. The minimum atomic E-state index is -3.76. The fourth-order valence-electron chi connectivity index (χ4n) is 2.29. The average molecular weight is 376 g/mol. The van der Waals surface area contributed by atoms with E-state index in [0.717, 1.165) is 5.56 Å². The van der Waals surface area contributed by atoms with Crippen LogP contribution in [-0.2, 0) is 21.4 Å². The molecule has 0 atom stereocenters. The lowest BCUT2D eigenvalue weighted by Crippen LogP contribution is -2.37. The van der Waals surface area contributed by atoms with Crippen LogP contribution in [0.4, 0.5) is 0 Å². The number of hydrogen-bond acceptors (Lipinski definition) is 4. The Morgan fingerprint density at radius 1 is 1.08 bits per heavy atom. The summed E-state index contributed by atoms with van der Waals surface area (Å²) in [5.41, 5.74) is 0.979. The molecule has 2 aromatic carbocycles. The van der Waals surface area contributed by atoms with Gasteiger partial charge in [0.2, 0.25) is 15.9 Å². The van der Waals surface area contributed by atoms with Gasteiger partial charge in [0.15, 0.2) is 0 Å². The highest BCUT2D eigenvalue weighted by Crippen LogP contribution is 2.17. The first-order valence-electron chi connectivity index (χ1n) is 8.32.